The van der Waals surface area contributed by atoms with Gasteiger partial charge in [0, 0.05) is 24.9 Å². The van der Waals surface area contributed by atoms with E-state index in [9.17, 15) is 4.79 Å². The van der Waals surface area contributed by atoms with Gasteiger partial charge in [0.05, 0.1) is 5.69 Å². The number of carbonyl (C=O) groups is 1. The summed E-state index contributed by atoms with van der Waals surface area (Å²) in [6.07, 6.45) is 4.06. The third kappa shape index (κ3) is 2.95. The molecule has 18 heavy (non-hydrogen) atoms. The summed E-state index contributed by atoms with van der Waals surface area (Å²) < 4.78 is 1.74. The number of rotatable bonds is 5. The highest BCUT2D eigenvalue weighted by Gasteiger charge is 2.09. The van der Waals surface area contributed by atoms with Gasteiger partial charge in [0.1, 0.15) is 0 Å². The highest BCUT2D eigenvalue weighted by molar-refractivity contribution is 5.66. The summed E-state index contributed by atoms with van der Waals surface area (Å²) in [7, 11) is 0. The Morgan fingerprint density at radius 3 is 2.94 bits per heavy atom. The summed E-state index contributed by atoms with van der Waals surface area (Å²) in [5.74, 6) is -0.825. The van der Waals surface area contributed by atoms with Gasteiger partial charge in [-0.25, -0.2) is 4.68 Å². The van der Waals surface area contributed by atoms with Gasteiger partial charge in [0.2, 0.25) is 0 Å². The van der Waals surface area contributed by atoms with Crippen molar-refractivity contribution in [3.8, 4) is 5.69 Å². The second-order valence-electron chi connectivity index (χ2n) is 4.08. The highest BCUT2D eigenvalue weighted by atomic mass is 16.4. The van der Waals surface area contributed by atoms with E-state index in [0.29, 0.717) is 6.42 Å². The number of aliphatic carboxylic acids is 1. The van der Waals surface area contributed by atoms with Crippen LogP contribution in [0.4, 0.5) is 0 Å². The van der Waals surface area contributed by atoms with Crippen molar-refractivity contribution in [1.29, 1.82) is 0 Å². The maximum absolute atomic E-state index is 10.5. The van der Waals surface area contributed by atoms with E-state index in [-0.39, 0.29) is 12.5 Å². The van der Waals surface area contributed by atoms with Gasteiger partial charge in [-0.05, 0) is 30.2 Å². The Kier molecular flexibility index (Phi) is 3.74. The van der Waals surface area contributed by atoms with Crippen LogP contribution in [-0.4, -0.2) is 20.9 Å². The standard InChI is InChI=1S/C13H15N3O2/c14-12(5-6-13(17)18)10-3-1-4-11(9-10)16-8-2-7-15-16/h1-4,7-9,12H,5-6,14H2,(H,17,18). The number of nitrogens with two attached hydrogens (primary N) is 1. The first-order valence-corrected chi connectivity index (χ1v) is 5.74. The topological polar surface area (TPSA) is 81.1 Å². The summed E-state index contributed by atoms with van der Waals surface area (Å²) in [5, 5.41) is 12.8. The van der Waals surface area contributed by atoms with Crippen molar-refractivity contribution in [2.75, 3.05) is 0 Å². The fraction of sp³-hybridized carbons (Fsp3) is 0.231. The Bertz CT molecular complexity index is 523. The summed E-state index contributed by atoms with van der Waals surface area (Å²) in [4.78, 5) is 10.5. The van der Waals surface area contributed by atoms with Crippen molar-refractivity contribution >= 4 is 5.97 Å². The van der Waals surface area contributed by atoms with Gasteiger partial charge in [-0.15, -0.1) is 0 Å². The van der Waals surface area contributed by atoms with Crippen molar-refractivity contribution < 1.29 is 9.90 Å². The number of benzene rings is 1. The Morgan fingerprint density at radius 2 is 2.28 bits per heavy atom. The largest absolute Gasteiger partial charge is 0.481 e. The first-order chi connectivity index (χ1) is 8.66. The molecule has 0 saturated heterocycles. The van der Waals surface area contributed by atoms with E-state index < -0.39 is 5.97 Å². The average Bonchev–Trinajstić information content (AvgIpc) is 2.90. The lowest BCUT2D eigenvalue weighted by Gasteiger charge is -2.12. The van der Waals surface area contributed by atoms with Crippen LogP contribution in [0.25, 0.3) is 5.69 Å². The first-order valence-electron chi connectivity index (χ1n) is 5.74. The molecule has 0 aliphatic carbocycles. The van der Waals surface area contributed by atoms with Gasteiger partial charge in [-0.1, -0.05) is 12.1 Å². The van der Waals surface area contributed by atoms with Crippen LogP contribution < -0.4 is 5.73 Å². The lowest BCUT2D eigenvalue weighted by Crippen LogP contribution is -2.12. The SMILES string of the molecule is NC(CCC(=O)O)c1cccc(-n2cccn2)c1. The van der Waals surface area contributed by atoms with Crippen LogP contribution in [0, 0.1) is 0 Å². The summed E-state index contributed by atoms with van der Waals surface area (Å²) >= 11 is 0. The zero-order valence-electron chi connectivity index (χ0n) is 9.86. The Labute approximate surface area is 105 Å². The fourth-order valence-corrected chi connectivity index (χ4v) is 1.77. The fourth-order valence-electron chi connectivity index (χ4n) is 1.77. The molecule has 1 aromatic carbocycles. The smallest absolute Gasteiger partial charge is 0.303 e. The Balaban J connectivity index is 2.14. The number of carboxylic acid groups (broad SMARTS) is 1. The molecule has 3 N–H and O–H groups in total. The number of hydrogen-bond donors (Lipinski definition) is 2. The van der Waals surface area contributed by atoms with Crippen molar-refractivity contribution in [2.24, 2.45) is 5.73 Å². The third-order valence-corrected chi connectivity index (χ3v) is 2.74. The second-order valence-corrected chi connectivity index (χ2v) is 4.08. The molecule has 0 aliphatic heterocycles. The van der Waals surface area contributed by atoms with Gasteiger partial charge in [-0.3, -0.25) is 4.79 Å². The lowest BCUT2D eigenvalue weighted by molar-refractivity contribution is -0.137. The molecule has 2 rings (SSSR count). The molecule has 2 aromatic rings. The van der Waals surface area contributed by atoms with Gasteiger partial charge in [0.25, 0.3) is 0 Å². The minimum absolute atomic E-state index is 0.0766. The minimum atomic E-state index is -0.825. The Hall–Kier alpha value is -2.14. The molecule has 1 atom stereocenters. The third-order valence-electron chi connectivity index (χ3n) is 2.74. The predicted octanol–water partition coefficient (Wildman–Crippen LogP) is 1.74. The summed E-state index contributed by atoms with van der Waals surface area (Å²) in [5.41, 5.74) is 7.81. The van der Waals surface area contributed by atoms with Gasteiger partial charge in [0.15, 0.2) is 0 Å². The van der Waals surface area contributed by atoms with Crippen molar-refractivity contribution in [3.05, 3.63) is 48.3 Å². The molecule has 0 fully saturated rings. The van der Waals surface area contributed by atoms with Gasteiger partial charge >= 0.3 is 5.97 Å². The molecule has 0 radical (unpaired) electrons. The van der Waals surface area contributed by atoms with Crippen LogP contribution in [0.5, 0.6) is 0 Å². The minimum Gasteiger partial charge on any atom is -0.481 e. The molecule has 94 valence electrons. The van der Waals surface area contributed by atoms with Crippen LogP contribution in [0.1, 0.15) is 24.4 Å². The van der Waals surface area contributed by atoms with Crippen molar-refractivity contribution in [2.45, 2.75) is 18.9 Å². The molecular formula is C13H15N3O2. The lowest BCUT2D eigenvalue weighted by atomic mass is 10.0. The van der Waals surface area contributed by atoms with E-state index >= 15 is 0 Å². The zero-order valence-corrected chi connectivity index (χ0v) is 9.86. The average molecular weight is 245 g/mol. The van der Waals surface area contributed by atoms with Crippen LogP contribution >= 0.6 is 0 Å². The van der Waals surface area contributed by atoms with Crippen molar-refractivity contribution in [1.82, 2.24) is 9.78 Å². The maximum atomic E-state index is 10.5. The van der Waals surface area contributed by atoms with Crippen LogP contribution in [-0.2, 0) is 4.79 Å². The van der Waals surface area contributed by atoms with E-state index in [1.165, 1.54) is 0 Å². The number of nitrogens with zero attached hydrogens (tertiary/aromatic N) is 2. The highest BCUT2D eigenvalue weighted by Crippen LogP contribution is 2.18. The number of hydrogen-bond acceptors (Lipinski definition) is 3. The molecule has 5 nitrogen and oxygen atoms in total. The Morgan fingerprint density at radius 1 is 1.44 bits per heavy atom. The van der Waals surface area contributed by atoms with E-state index in [0.717, 1.165) is 11.3 Å². The molecule has 0 aliphatic rings. The summed E-state index contributed by atoms with van der Waals surface area (Å²) in [6, 6.07) is 9.24. The van der Waals surface area contributed by atoms with Gasteiger partial charge < -0.3 is 10.8 Å². The monoisotopic (exact) mass is 245 g/mol. The number of aromatic nitrogens is 2. The summed E-state index contributed by atoms with van der Waals surface area (Å²) in [6.45, 7) is 0. The van der Waals surface area contributed by atoms with E-state index in [1.807, 2.05) is 36.5 Å². The van der Waals surface area contributed by atoms with Gasteiger partial charge in [-0.2, -0.15) is 5.10 Å². The molecule has 0 amide bonds. The van der Waals surface area contributed by atoms with Crippen LogP contribution in [0.2, 0.25) is 0 Å². The molecule has 0 spiro atoms. The van der Waals surface area contributed by atoms with Crippen LogP contribution in [0.3, 0.4) is 0 Å². The normalized spacial score (nSPS) is 12.3. The quantitative estimate of drug-likeness (QED) is 0.840. The van der Waals surface area contributed by atoms with E-state index in [1.54, 1.807) is 10.9 Å². The number of carboxylic acids is 1. The molecule has 1 unspecified atom stereocenters. The van der Waals surface area contributed by atoms with Crippen LogP contribution in [0.15, 0.2) is 42.7 Å². The second kappa shape index (κ2) is 5.46. The van der Waals surface area contributed by atoms with Crippen molar-refractivity contribution in [3.63, 3.8) is 0 Å². The molecule has 5 heteroatoms. The van der Waals surface area contributed by atoms with E-state index in [4.69, 9.17) is 10.8 Å². The zero-order chi connectivity index (χ0) is 13.0. The molecule has 1 heterocycles. The molecular weight excluding hydrogens is 230 g/mol. The first kappa shape index (κ1) is 12.3. The molecule has 0 bridgehead atoms. The maximum Gasteiger partial charge on any atom is 0.303 e. The molecule has 0 saturated carbocycles. The van der Waals surface area contributed by atoms with E-state index in [2.05, 4.69) is 5.10 Å². The molecule has 1 aromatic heterocycles. The predicted molar refractivity (Wildman–Crippen MR) is 67.4 cm³/mol.